The highest BCUT2D eigenvalue weighted by atomic mass is 127. The van der Waals surface area contributed by atoms with E-state index in [1.807, 2.05) is 18.2 Å². The van der Waals surface area contributed by atoms with Gasteiger partial charge in [0.15, 0.2) is 5.96 Å². The Balaban J connectivity index is 0.00000341. The molecule has 0 radical (unpaired) electrons. The largest absolute Gasteiger partial charge is 0.378 e. The second-order valence-electron chi connectivity index (χ2n) is 7.28. The maximum absolute atomic E-state index is 11.1. The first kappa shape index (κ1) is 24.9. The van der Waals surface area contributed by atoms with Crippen LogP contribution in [0, 0.1) is 16.0 Å². The fourth-order valence-electron chi connectivity index (χ4n) is 3.56. The minimum Gasteiger partial charge on any atom is -0.378 e. The number of aliphatic imine (C=N–C) groups is 1. The third-order valence-electron chi connectivity index (χ3n) is 5.09. The standard InChI is InChI=1S/C22H29N5O3.HI/c1-23-22(25-13-12-24-20-9-5-6-10-21(20)27(28)29)26-14-11-19(15-26)17-30-16-18-7-3-2-4-8-18;/h2-10,19,24H,11-17H2,1H3,(H,23,25);1H. The predicted octanol–water partition coefficient (Wildman–Crippen LogP) is 3.74. The van der Waals surface area contributed by atoms with Crippen LogP contribution in [0.25, 0.3) is 0 Å². The van der Waals surface area contributed by atoms with E-state index >= 15 is 0 Å². The molecular weight excluding hydrogens is 509 g/mol. The number of nitro groups is 1. The number of rotatable bonds is 9. The number of hydrogen-bond donors (Lipinski definition) is 2. The molecule has 1 aliphatic rings. The summed E-state index contributed by atoms with van der Waals surface area (Å²) in [4.78, 5) is 17.3. The minimum absolute atomic E-state index is 0. The van der Waals surface area contributed by atoms with Crippen LogP contribution in [0.15, 0.2) is 59.6 Å². The van der Waals surface area contributed by atoms with Crippen molar-refractivity contribution in [2.24, 2.45) is 10.9 Å². The summed E-state index contributed by atoms with van der Waals surface area (Å²) in [5, 5.41) is 17.5. The van der Waals surface area contributed by atoms with Crippen molar-refractivity contribution in [3.8, 4) is 0 Å². The molecule has 0 aliphatic carbocycles. The Bertz CT molecular complexity index is 850. The lowest BCUT2D eigenvalue weighted by Crippen LogP contribution is -2.42. The lowest BCUT2D eigenvalue weighted by Gasteiger charge is -2.22. The van der Waals surface area contributed by atoms with Gasteiger partial charge in [0.1, 0.15) is 5.69 Å². The van der Waals surface area contributed by atoms with Gasteiger partial charge in [0.25, 0.3) is 5.69 Å². The third kappa shape index (κ3) is 7.66. The average Bonchev–Trinajstić information content (AvgIpc) is 3.23. The highest BCUT2D eigenvalue weighted by Crippen LogP contribution is 2.22. The topological polar surface area (TPSA) is 92.0 Å². The summed E-state index contributed by atoms with van der Waals surface area (Å²) in [7, 11) is 1.77. The number of anilines is 1. The summed E-state index contributed by atoms with van der Waals surface area (Å²) in [5.74, 6) is 1.34. The zero-order valence-corrected chi connectivity index (χ0v) is 20.0. The Morgan fingerprint density at radius 1 is 1.19 bits per heavy atom. The first-order chi connectivity index (χ1) is 14.7. The van der Waals surface area contributed by atoms with Gasteiger partial charge in [0.05, 0.1) is 18.1 Å². The highest BCUT2D eigenvalue weighted by molar-refractivity contribution is 14.0. The molecule has 0 spiro atoms. The van der Waals surface area contributed by atoms with E-state index in [1.165, 1.54) is 11.6 Å². The van der Waals surface area contributed by atoms with E-state index in [0.717, 1.165) is 32.1 Å². The molecule has 3 rings (SSSR count). The number of nitrogens with zero attached hydrogens (tertiary/aromatic N) is 3. The van der Waals surface area contributed by atoms with Crippen LogP contribution in [0.1, 0.15) is 12.0 Å². The zero-order chi connectivity index (χ0) is 21.2. The van der Waals surface area contributed by atoms with E-state index in [2.05, 4.69) is 32.7 Å². The van der Waals surface area contributed by atoms with Crippen LogP contribution in [0.3, 0.4) is 0 Å². The number of likely N-dealkylation sites (tertiary alicyclic amines) is 1. The molecule has 2 N–H and O–H groups in total. The number of nitro benzene ring substituents is 1. The van der Waals surface area contributed by atoms with Crippen molar-refractivity contribution >= 4 is 41.3 Å². The molecule has 1 atom stereocenters. The summed E-state index contributed by atoms with van der Waals surface area (Å²) in [6.07, 6.45) is 1.07. The van der Waals surface area contributed by atoms with Crippen LogP contribution < -0.4 is 10.6 Å². The summed E-state index contributed by atoms with van der Waals surface area (Å²) in [6.45, 7) is 4.40. The monoisotopic (exact) mass is 539 g/mol. The molecule has 1 aliphatic heterocycles. The first-order valence-electron chi connectivity index (χ1n) is 10.2. The number of nitrogens with one attached hydrogen (secondary N) is 2. The van der Waals surface area contributed by atoms with Crippen molar-refractivity contribution in [2.75, 3.05) is 45.2 Å². The van der Waals surface area contributed by atoms with Gasteiger partial charge in [-0.05, 0) is 18.1 Å². The molecule has 0 amide bonds. The van der Waals surface area contributed by atoms with Crippen LogP contribution >= 0.6 is 24.0 Å². The van der Waals surface area contributed by atoms with Crippen LogP contribution in [-0.2, 0) is 11.3 Å². The SMILES string of the molecule is CN=C(NCCNc1ccccc1[N+](=O)[O-])N1CCC(COCc2ccccc2)C1.I. The fraction of sp³-hybridized carbons (Fsp3) is 0.409. The molecule has 9 heteroatoms. The Morgan fingerprint density at radius 3 is 2.68 bits per heavy atom. The van der Waals surface area contributed by atoms with E-state index in [-0.39, 0.29) is 34.6 Å². The van der Waals surface area contributed by atoms with Crippen LogP contribution in [-0.4, -0.2) is 55.6 Å². The van der Waals surface area contributed by atoms with Gasteiger partial charge in [-0.3, -0.25) is 15.1 Å². The van der Waals surface area contributed by atoms with Crippen LogP contribution in [0.5, 0.6) is 0 Å². The van der Waals surface area contributed by atoms with Crippen molar-refractivity contribution in [3.05, 3.63) is 70.3 Å². The Kier molecular flexibility index (Phi) is 10.5. The van der Waals surface area contributed by atoms with E-state index in [0.29, 0.717) is 31.3 Å². The molecule has 0 bridgehead atoms. The number of guanidine groups is 1. The number of para-hydroxylation sites is 2. The molecule has 1 fully saturated rings. The lowest BCUT2D eigenvalue weighted by atomic mass is 10.1. The van der Waals surface area contributed by atoms with Gasteiger partial charge in [-0.15, -0.1) is 24.0 Å². The van der Waals surface area contributed by atoms with Gasteiger partial charge in [0.2, 0.25) is 0 Å². The molecule has 0 saturated carbocycles. The molecule has 2 aromatic carbocycles. The van der Waals surface area contributed by atoms with Gasteiger partial charge >= 0.3 is 0 Å². The van der Waals surface area contributed by atoms with Crippen molar-refractivity contribution in [3.63, 3.8) is 0 Å². The van der Waals surface area contributed by atoms with Gasteiger partial charge in [0, 0.05) is 45.2 Å². The lowest BCUT2D eigenvalue weighted by molar-refractivity contribution is -0.384. The molecular formula is C22H30IN5O3. The van der Waals surface area contributed by atoms with Crippen molar-refractivity contribution in [2.45, 2.75) is 13.0 Å². The van der Waals surface area contributed by atoms with Crippen LogP contribution in [0.2, 0.25) is 0 Å². The minimum atomic E-state index is -0.376. The molecule has 1 unspecified atom stereocenters. The molecule has 168 valence electrons. The van der Waals surface area contributed by atoms with E-state index < -0.39 is 0 Å². The second-order valence-corrected chi connectivity index (χ2v) is 7.28. The third-order valence-corrected chi connectivity index (χ3v) is 5.09. The fourth-order valence-corrected chi connectivity index (χ4v) is 3.56. The average molecular weight is 539 g/mol. The van der Waals surface area contributed by atoms with Crippen molar-refractivity contribution in [1.82, 2.24) is 10.2 Å². The Hall–Kier alpha value is -2.40. The van der Waals surface area contributed by atoms with Gasteiger partial charge in [-0.25, -0.2) is 0 Å². The first-order valence-corrected chi connectivity index (χ1v) is 10.2. The molecule has 31 heavy (non-hydrogen) atoms. The predicted molar refractivity (Wildman–Crippen MR) is 134 cm³/mol. The Labute approximate surface area is 200 Å². The zero-order valence-electron chi connectivity index (χ0n) is 17.7. The highest BCUT2D eigenvalue weighted by Gasteiger charge is 2.24. The number of hydrogen-bond acceptors (Lipinski definition) is 5. The second kappa shape index (κ2) is 13.1. The molecule has 8 nitrogen and oxygen atoms in total. The maximum atomic E-state index is 11.1. The number of halogens is 1. The molecule has 1 saturated heterocycles. The summed E-state index contributed by atoms with van der Waals surface area (Å²) in [5.41, 5.74) is 1.80. The summed E-state index contributed by atoms with van der Waals surface area (Å²) >= 11 is 0. The van der Waals surface area contributed by atoms with Crippen LogP contribution in [0.4, 0.5) is 11.4 Å². The summed E-state index contributed by atoms with van der Waals surface area (Å²) < 4.78 is 5.89. The smallest absolute Gasteiger partial charge is 0.292 e. The molecule has 1 heterocycles. The Morgan fingerprint density at radius 2 is 1.94 bits per heavy atom. The van der Waals surface area contributed by atoms with E-state index in [9.17, 15) is 10.1 Å². The van der Waals surface area contributed by atoms with Crippen molar-refractivity contribution < 1.29 is 9.66 Å². The maximum Gasteiger partial charge on any atom is 0.292 e. The van der Waals surface area contributed by atoms with Gasteiger partial charge in [-0.2, -0.15) is 0 Å². The quantitative estimate of drug-likeness (QED) is 0.126. The van der Waals surface area contributed by atoms with E-state index in [1.54, 1.807) is 25.2 Å². The summed E-state index contributed by atoms with van der Waals surface area (Å²) in [6, 6.07) is 16.9. The molecule has 2 aromatic rings. The normalized spacial score (nSPS) is 16.0. The number of ether oxygens (including phenoxy) is 1. The van der Waals surface area contributed by atoms with Gasteiger partial charge in [-0.1, -0.05) is 42.5 Å². The van der Waals surface area contributed by atoms with E-state index in [4.69, 9.17) is 4.74 Å². The van der Waals surface area contributed by atoms with Gasteiger partial charge < -0.3 is 20.3 Å². The molecule has 0 aromatic heterocycles. The van der Waals surface area contributed by atoms with Crippen molar-refractivity contribution in [1.29, 1.82) is 0 Å². The number of benzene rings is 2.